The summed E-state index contributed by atoms with van der Waals surface area (Å²) in [6, 6.07) is 2.55. The first-order valence-corrected chi connectivity index (χ1v) is 7.22. The van der Waals surface area contributed by atoms with Gasteiger partial charge in [-0.25, -0.2) is 0 Å². The van der Waals surface area contributed by atoms with E-state index in [-0.39, 0.29) is 5.91 Å². The van der Waals surface area contributed by atoms with Crippen LogP contribution < -0.4 is 5.32 Å². The van der Waals surface area contributed by atoms with Gasteiger partial charge in [0.25, 0.3) is 0 Å². The third-order valence-electron chi connectivity index (χ3n) is 3.66. The summed E-state index contributed by atoms with van der Waals surface area (Å²) < 4.78 is 0. The summed E-state index contributed by atoms with van der Waals surface area (Å²) in [5.41, 5.74) is -0.704. The number of nitrogens with zero attached hydrogens (tertiary/aromatic N) is 1. The Labute approximate surface area is 101 Å². The third-order valence-corrected chi connectivity index (χ3v) is 4.71. The van der Waals surface area contributed by atoms with Crippen molar-refractivity contribution in [2.45, 2.75) is 44.6 Å². The van der Waals surface area contributed by atoms with Gasteiger partial charge in [0.2, 0.25) is 5.91 Å². The first-order valence-electron chi connectivity index (χ1n) is 6.07. The van der Waals surface area contributed by atoms with Gasteiger partial charge in [-0.1, -0.05) is 12.8 Å². The fourth-order valence-electron chi connectivity index (χ4n) is 2.53. The predicted molar refractivity (Wildman–Crippen MR) is 65.0 cm³/mol. The Hall–Kier alpha value is -0.690. The Morgan fingerprint density at radius 2 is 1.94 bits per heavy atom. The van der Waals surface area contributed by atoms with Crippen LogP contribution in [0.2, 0.25) is 0 Å². The molecule has 0 radical (unpaired) electrons. The maximum Gasteiger partial charge on any atom is 0.240 e. The number of carbonyl (C=O) groups is 1. The van der Waals surface area contributed by atoms with E-state index in [2.05, 4.69) is 11.4 Å². The first kappa shape index (κ1) is 11.8. The fourth-order valence-corrected chi connectivity index (χ4v) is 3.64. The van der Waals surface area contributed by atoms with E-state index in [0.29, 0.717) is 6.04 Å². The van der Waals surface area contributed by atoms with Gasteiger partial charge in [0.05, 0.1) is 6.07 Å². The van der Waals surface area contributed by atoms with Gasteiger partial charge in [-0.2, -0.15) is 17.0 Å². The number of hydrogen-bond donors (Lipinski definition) is 1. The highest BCUT2D eigenvalue weighted by atomic mass is 32.2. The number of hydrogen-bond acceptors (Lipinski definition) is 3. The van der Waals surface area contributed by atoms with E-state index in [1.807, 2.05) is 11.8 Å². The Bertz CT molecular complexity index is 299. The van der Waals surface area contributed by atoms with Crippen molar-refractivity contribution < 1.29 is 4.79 Å². The molecule has 0 spiro atoms. The Balaban J connectivity index is 1.93. The molecule has 16 heavy (non-hydrogen) atoms. The van der Waals surface area contributed by atoms with Crippen LogP contribution in [-0.2, 0) is 4.79 Å². The molecule has 0 bridgehead atoms. The van der Waals surface area contributed by atoms with E-state index >= 15 is 0 Å². The van der Waals surface area contributed by atoms with E-state index < -0.39 is 5.41 Å². The molecule has 0 aromatic carbocycles. The quantitative estimate of drug-likeness (QED) is 0.801. The van der Waals surface area contributed by atoms with E-state index in [9.17, 15) is 10.1 Å². The zero-order chi connectivity index (χ0) is 11.4. The predicted octanol–water partition coefficient (Wildman–Crippen LogP) is 2.08. The minimum absolute atomic E-state index is 0.00981. The largest absolute Gasteiger partial charge is 0.352 e. The zero-order valence-electron chi connectivity index (χ0n) is 9.50. The van der Waals surface area contributed by atoms with Crippen molar-refractivity contribution in [2.24, 2.45) is 5.41 Å². The van der Waals surface area contributed by atoms with Gasteiger partial charge in [0, 0.05) is 6.04 Å². The minimum Gasteiger partial charge on any atom is -0.352 e. The highest BCUT2D eigenvalue weighted by Crippen LogP contribution is 2.37. The summed E-state index contributed by atoms with van der Waals surface area (Å²) in [6.07, 6.45) is 5.63. The molecule has 0 aromatic heterocycles. The molecule has 3 nitrogen and oxygen atoms in total. The monoisotopic (exact) mass is 238 g/mol. The number of thioether (sulfide) groups is 1. The SMILES string of the molecule is N#CC1(C(=O)NC2CCSCC2)CCCC1. The van der Waals surface area contributed by atoms with E-state index in [1.165, 1.54) is 0 Å². The second-order valence-corrected chi connectivity index (χ2v) is 5.99. The molecule has 1 heterocycles. The molecule has 1 aliphatic heterocycles. The van der Waals surface area contributed by atoms with Gasteiger partial charge in [0.15, 0.2) is 0 Å². The van der Waals surface area contributed by atoms with Crippen LogP contribution in [-0.4, -0.2) is 23.5 Å². The topological polar surface area (TPSA) is 52.9 Å². The molecule has 1 amide bonds. The van der Waals surface area contributed by atoms with Crippen LogP contribution >= 0.6 is 11.8 Å². The lowest BCUT2D eigenvalue weighted by molar-refractivity contribution is -0.128. The maximum atomic E-state index is 12.1. The van der Waals surface area contributed by atoms with Crippen molar-refractivity contribution in [1.29, 1.82) is 5.26 Å². The highest BCUT2D eigenvalue weighted by molar-refractivity contribution is 7.99. The van der Waals surface area contributed by atoms with Crippen molar-refractivity contribution in [3.8, 4) is 6.07 Å². The molecule has 1 saturated carbocycles. The minimum atomic E-state index is -0.704. The lowest BCUT2D eigenvalue weighted by atomic mass is 9.86. The first-order chi connectivity index (χ1) is 7.77. The number of carbonyl (C=O) groups excluding carboxylic acids is 1. The van der Waals surface area contributed by atoms with E-state index in [0.717, 1.165) is 50.0 Å². The van der Waals surface area contributed by atoms with Crippen LogP contribution in [0.1, 0.15) is 38.5 Å². The summed E-state index contributed by atoms with van der Waals surface area (Å²) in [4.78, 5) is 12.1. The van der Waals surface area contributed by atoms with Gasteiger partial charge in [-0.15, -0.1) is 0 Å². The zero-order valence-corrected chi connectivity index (χ0v) is 10.3. The lowest BCUT2D eigenvalue weighted by Gasteiger charge is -2.27. The molecule has 1 N–H and O–H groups in total. The van der Waals surface area contributed by atoms with Crippen molar-refractivity contribution in [3.63, 3.8) is 0 Å². The Kier molecular flexibility index (Phi) is 3.75. The number of rotatable bonds is 2. The van der Waals surface area contributed by atoms with Crippen LogP contribution in [0.15, 0.2) is 0 Å². The summed E-state index contributed by atoms with van der Waals surface area (Å²) in [7, 11) is 0. The summed E-state index contributed by atoms with van der Waals surface area (Å²) in [5.74, 6) is 2.25. The third kappa shape index (κ3) is 2.35. The molecule has 1 saturated heterocycles. The van der Waals surface area contributed by atoms with Crippen molar-refractivity contribution >= 4 is 17.7 Å². The standard InChI is InChI=1S/C12H18N2OS/c13-9-12(5-1-2-6-12)11(15)14-10-3-7-16-8-4-10/h10H,1-8H2,(H,14,15). The van der Waals surface area contributed by atoms with Crippen LogP contribution in [0.3, 0.4) is 0 Å². The van der Waals surface area contributed by atoms with Gasteiger partial charge in [-0.3, -0.25) is 4.79 Å². The van der Waals surface area contributed by atoms with Crippen molar-refractivity contribution in [3.05, 3.63) is 0 Å². The summed E-state index contributed by atoms with van der Waals surface area (Å²) in [6.45, 7) is 0. The van der Waals surface area contributed by atoms with Crippen molar-refractivity contribution in [1.82, 2.24) is 5.32 Å². The normalized spacial score (nSPS) is 24.9. The average molecular weight is 238 g/mol. The molecule has 88 valence electrons. The van der Waals surface area contributed by atoms with Crippen LogP contribution in [0.4, 0.5) is 0 Å². The van der Waals surface area contributed by atoms with Gasteiger partial charge >= 0.3 is 0 Å². The van der Waals surface area contributed by atoms with Crippen LogP contribution in [0.5, 0.6) is 0 Å². The van der Waals surface area contributed by atoms with Gasteiger partial charge in [-0.05, 0) is 37.2 Å². The lowest BCUT2D eigenvalue weighted by Crippen LogP contribution is -2.45. The molecule has 4 heteroatoms. The van der Waals surface area contributed by atoms with Gasteiger partial charge < -0.3 is 5.32 Å². The molecule has 0 aromatic rings. The molecular formula is C12H18N2OS. The molecule has 0 unspecified atom stereocenters. The average Bonchev–Trinajstić information content (AvgIpc) is 2.80. The second-order valence-electron chi connectivity index (χ2n) is 4.76. The summed E-state index contributed by atoms with van der Waals surface area (Å²) >= 11 is 1.95. The molecule has 2 rings (SSSR count). The summed E-state index contributed by atoms with van der Waals surface area (Å²) in [5, 5.41) is 12.3. The van der Waals surface area contributed by atoms with Gasteiger partial charge in [0.1, 0.15) is 5.41 Å². The van der Waals surface area contributed by atoms with Crippen LogP contribution in [0.25, 0.3) is 0 Å². The Morgan fingerprint density at radius 3 is 2.50 bits per heavy atom. The fraction of sp³-hybridized carbons (Fsp3) is 0.833. The number of nitriles is 1. The number of nitrogens with one attached hydrogen (secondary N) is 1. The number of amides is 1. The van der Waals surface area contributed by atoms with E-state index in [4.69, 9.17) is 0 Å². The second kappa shape index (κ2) is 5.09. The van der Waals surface area contributed by atoms with Crippen molar-refractivity contribution in [2.75, 3.05) is 11.5 Å². The highest BCUT2D eigenvalue weighted by Gasteiger charge is 2.42. The maximum absolute atomic E-state index is 12.1. The molecule has 2 fully saturated rings. The Morgan fingerprint density at radius 1 is 1.31 bits per heavy atom. The van der Waals surface area contributed by atoms with Crippen LogP contribution in [0, 0.1) is 16.7 Å². The molecule has 1 aliphatic carbocycles. The van der Waals surface area contributed by atoms with E-state index in [1.54, 1.807) is 0 Å². The molecule has 2 aliphatic rings. The smallest absolute Gasteiger partial charge is 0.240 e. The molecular weight excluding hydrogens is 220 g/mol. The molecule has 0 atom stereocenters.